The van der Waals surface area contributed by atoms with Crippen LogP contribution in [0.15, 0.2) is 19.2 Å². The van der Waals surface area contributed by atoms with Crippen molar-refractivity contribution < 1.29 is 9.21 Å². The topological polar surface area (TPSA) is 108 Å². The summed E-state index contributed by atoms with van der Waals surface area (Å²) in [6.07, 6.45) is 1.00. The number of thiophene rings is 1. The van der Waals surface area contributed by atoms with Gasteiger partial charge in [0.15, 0.2) is 8.68 Å². The summed E-state index contributed by atoms with van der Waals surface area (Å²) in [5.74, 6) is 1.45. The van der Waals surface area contributed by atoms with Crippen molar-refractivity contribution >= 4 is 52.1 Å². The van der Waals surface area contributed by atoms with Crippen molar-refractivity contribution in [1.29, 1.82) is 0 Å². The number of primary amides is 1. The van der Waals surface area contributed by atoms with Crippen molar-refractivity contribution in [3.05, 3.63) is 22.4 Å². The second-order valence-corrected chi connectivity index (χ2v) is 9.51. The number of nitrogens with zero attached hydrogens (tertiary/aromatic N) is 4. The molecule has 3 aromatic heterocycles. The lowest BCUT2D eigenvalue weighted by Crippen LogP contribution is -2.12. The maximum Gasteiger partial charge on any atom is 0.257 e. The molecule has 0 fully saturated rings. The summed E-state index contributed by atoms with van der Waals surface area (Å²) in [4.78, 5) is 13.1. The SMILES string of the molecule is CCc1sc(-c2nnc(CSc3nnc(SCC(N)=O)s3)o2)cc1C. The molecule has 0 saturated heterocycles. The summed E-state index contributed by atoms with van der Waals surface area (Å²) >= 11 is 5.86. The minimum absolute atomic E-state index is 0.201. The lowest BCUT2D eigenvalue weighted by Gasteiger charge is -1.91. The summed E-state index contributed by atoms with van der Waals surface area (Å²) in [7, 11) is 0. The zero-order chi connectivity index (χ0) is 17.8. The molecule has 0 aliphatic rings. The Hall–Kier alpha value is -1.43. The van der Waals surface area contributed by atoms with Crippen LogP contribution in [0.5, 0.6) is 0 Å². The first-order chi connectivity index (χ1) is 12.0. The number of nitrogens with two attached hydrogens (primary N) is 1. The number of hydrogen-bond acceptors (Lipinski definition) is 10. The van der Waals surface area contributed by atoms with Crippen LogP contribution in [0.1, 0.15) is 23.3 Å². The predicted molar refractivity (Wildman–Crippen MR) is 101 cm³/mol. The third-order valence-electron chi connectivity index (χ3n) is 3.06. The van der Waals surface area contributed by atoms with E-state index in [-0.39, 0.29) is 11.7 Å². The van der Waals surface area contributed by atoms with Gasteiger partial charge in [0.2, 0.25) is 11.8 Å². The molecule has 2 N–H and O–H groups in total. The highest BCUT2D eigenvalue weighted by Gasteiger charge is 2.14. The average molecular weight is 414 g/mol. The third kappa shape index (κ3) is 4.81. The number of aromatic nitrogens is 4. The fourth-order valence-corrected chi connectivity index (χ4v) is 5.59. The van der Waals surface area contributed by atoms with Gasteiger partial charge in [-0.05, 0) is 25.0 Å². The molecule has 0 aliphatic heterocycles. The van der Waals surface area contributed by atoms with Gasteiger partial charge in [-0.3, -0.25) is 4.79 Å². The number of amides is 1. The highest BCUT2D eigenvalue weighted by molar-refractivity contribution is 8.03. The number of aryl methyl sites for hydroxylation is 2. The zero-order valence-corrected chi connectivity index (χ0v) is 16.8. The van der Waals surface area contributed by atoms with Crippen molar-refractivity contribution in [1.82, 2.24) is 20.4 Å². The molecule has 7 nitrogen and oxygen atoms in total. The van der Waals surface area contributed by atoms with Crippen molar-refractivity contribution in [2.45, 2.75) is 34.7 Å². The Morgan fingerprint density at radius 1 is 1.20 bits per heavy atom. The van der Waals surface area contributed by atoms with Crippen LogP contribution in [-0.2, 0) is 17.0 Å². The molecule has 3 aromatic rings. The first-order valence-electron chi connectivity index (χ1n) is 7.34. The first-order valence-corrected chi connectivity index (χ1v) is 10.9. The van der Waals surface area contributed by atoms with Gasteiger partial charge in [0.05, 0.1) is 16.4 Å². The van der Waals surface area contributed by atoms with Crippen LogP contribution in [0.2, 0.25) is 0 Å². The highest BCUT2D eigenvalue weighted by atomic mass is 32.2. The van der Waals surface area contributed by atoms with Crippen molar-refractivity contribution in [3.63, 3.8) is 0 Å². The van der Waals surface area contributed by atoms with Crippen molar-refractivity contribution in [3.8, 4) is 10.8 Å². The van der Waals surface area contributed by atoms with Gasteiger partial charge in [0.1, 0.15) is 0 Å². The van der Waals surface area contributed by atoms with Crippen LogP contribution >= 0.6 is 46.2 Å². The van der Waals surface area contributed by atoms with E-state index < -0.39 is 0 Å². The van der Waals surface area contributed by atoms with E-state index in [0.717, 1.165) is 15.6 Å². The van der Waals surface area contributed by atoms with E-state index in [4.69, 9.17) is 10.2 Å². The predicted octanol–water partition coefficient (Wildman–Crippen LogP) is 3.39. The molecule has 25 heavy (non-hydrogen) atoms. The van der Waals surface area contributed by atoms with Crippen molar-refractivity contribution in [2.24, 2.45) is 5.73 Å². The highest BCUT2D eigenvalue weighted by Crippen LogP contribution is 2.33. The van der Waals surface area contributed by atoms with E-state index in [2.05, 4.69) is 40.3 Å². The Morgan fingerprint density at radius 3 is 2.64 bits per heavy atom. The Bertz CT molecular complexity index is 872. The lowest BCUT2D eigenvalue weighted by molar-refractivity contribution is -0.115. The summed E-state index contributed by atoms with van der Waals surface area (Å²) in [5, 5.41) is 16.3. The van der Waals surface area contributed by atoms with Gasteiger partial charge in [-0.25, -0.2) is 0 Å². The molecule has 1 amide bonds. The van der Waals surface area contributed by atoms with Gasteiger partial charge in [-0.1, -0.05) is 41.8 Å². The molecule has 0 spiro atoms. The molecule has 0 unspecified atom stereocenters. The molecule has 3 heterocycles. The van der Waals surface area contributed by atoms with Gasteiger partial charge >= 0.3 is 0 Å². The summed E-state index contributed by atoms with van der Waals surface area (Å²) < 4.78 is 7.25. The summed E-state index contributed by atoms with van der Waals surface area (Å²) in [6.45, 7) is 4.23. The molecule has 0 saturated carbocycles. The first kappa shape index (κ1) is 18.4. The molecular weight excluding hydrogens is 398 g/mol. The Balaban J connectivity index is 1.59. The minimum atomic E-state index is -0.372. The fraction of sp³-hybridized carbons (Fsp3) is 0.357. The maximum absolute atomic E-state index is 10.8. The lowest BCUT2D eigenvalue weighted by atomic mass is 10.2. The van der Waals surface area contributed by atoms with Crippen LogP contribution in [0.25, 0.3) is 10.8 Å². The van der Waals surface area contributed by atoms with Gasteiger partial charge in [-0.15, -0.1) is 31.7 Å². The number of thioether (sulfide) groups is 2. The number of hydrogen-bond donors (Lipinski definition) is 1. The fourth-order valence-electron chi connectivity index (χ4n) is 1.96. The minimum Gasteiger partial charge on any atom is -0.419 e. The van der Waals surface area contributed by atoms with E-state index in [0.29, 0.717) is 21.9 Å². The summed E-state index contributed by atoms with van der Waals surface area (Å²) in [5.41, 5.74) is 6.37. The van der Waals surface area contributed by atoms with Crippen LogP contribution in [0.3, 0.4) is 0 Å². The van der Waals surface area contributed by atoms with Gasteiger partial charge < -0.3 is 10.2 Å². The molecule has 11 heteroatoms. The second kappa shape index (κ2) is 8.30. The zero-order valence-electron chi connectivity index (χ0n) is 13.5. The Kier molecular flexibility index (Phi) is 6.10. The standard InChI is InChI=1S/C14H15N5O2S4/c1-3-8-7(2)4-9(24-8)12-17-16-11(21-12)6-23-14-19-18-13(25-14)22-5-10(15)20/h4H,3,5-6H2,1-2H3,(H2,15,20). The molecule has 0 aliphatic carbocycles. The van der Waals surface area contributed by atoms with E-state index in [1.165, 1.54) is 45.3 Å². The van der Waals surface area contributed by atoms with Gasteiger partial charge in [0, 0.05) is 4.88 Å². The van der Waals surface area contributed by atoms with Crippen LogP contribution < -0.4 is 5.73 Å². The molecular formula is C14H15N5O2S4. The monoisotopic (exact) mass is 413 g/mol. The maximum atomic E-state index is 10.8. The number of rotatable bonds is 8. The van der Waals surface area contributed by atoms with Crippen LogP contribution in [0.4, 0.5) is 0 Å². The van der Waals surface area contributed by atoms with Crippen LogP contribution in [-0.4, -0.2) is 32.1 Å². The van der Waals surface area contributed by atoms with Gasteiger partial charge in [0.25, 0.3) is 5.89 Å². The number of carbonyl (C=O) groups is 1. The Morgan fingerprint density at radius 2 is 1.96 bits per heavy atom. The van der Waals surface area contributed by atoms with E-state index >= 15 is 0 Å². The molecule has 0 atom stereocenters. The second-order valence-electron chi connectivity index (χ2n) is 4.95. The van der Waals surface area contributed by atoms with E-state index in [1.54, 1.807) is 11.3 Å². The van der Waals surface area contributed by atoms with E-state index in [1.807, 2.05) is 0 Å². The van der Waals surface area contributed by atoms with Crippen molar-refractivity contribution in [2.75, 3.05) is 5.75 Å². The van der Waals surface area contributed by atoms with Crippen LogP contribution in [0, 0.1) is 6.92 Å². The third-order valence-corrected chi connectivity index (χ3v) is 7.63. The normalized spacial score (nSPS) is 11.1. The van der Waals surface area contributed by atoms with E-state index in [9.17, 15) is 4.79 Å². The smallest absolute Gasteiger partial charge is 0.257 e. The average Bonchev–Trinajstić information content (AvgIpc) is 3.30. The largest absolute Gasteiger partial charge is 0.419 e. The molecule has 3 rings (SSSR count). The summed E-state index contributed by atoms with van der Waals surface area (Å²) in [6, 6.07) is 2.08. The van der Waals surface area contributed by atoms with Gasteiger partial charge in [-0.2, -0.15) is 0 Å². The quantitative estimate of drug-likeness (QED) is 0.560. The number of carbonyl (C=O) groups excluding carboxylic acids is 1. The molecule has 132 valence electrons. The Labute approximate surface area is 160 Å². The molecule has 0 bridgehead atoms. The molecule has 0 radical (unpaired) electrons. The molecule has 0 aromatic carbocycles.